The van der Waals surface area contributed by atoms with E-state index < -0.39 is 11.8 Å². The summed E-state index contributed by atoms with van der Waals surface area (Å²) in [6.07, 6.45) is 1.85. The molecule has 158 valence electrons. The number of amides is 3. The number of aromatic nitrogens is 2. The van der Waals surface area contributed by atoms with Crippen molar-refractivity contribution in [3.05, 3.63) is 42.0 Å². The summed E-state index contributed by atoms with van der Waals surface area (Å²) in [5, 5.41) is 5.66. The van der Waals surface area contributed by atoms with Crippen molar-refractivity contribution in [3.63, 3.8) is 0 Å². The Morgan fingerprint density at radius 1 is 1.20 bits per heavy atom. The van der Waals surface area contributed by atoms with Crippen LogP contribution in [0.4, 0.5) is 26.5 Å². The van der Waals surface area contributed by atoms with Crippen molar-refractivity contribution < 1.29 is 14.0 Å². The first-order valence-corrected chi connectivity index (χ1v) is 10.1. The number of hydrogen-bond acceptors (Lipinski definition) is 5. The van der Waals surface area contributed by atoms with Crippen LogP contribution in [0.1, 0.15) is 37.7 Å². The van der Waals surface area contributed by atoms with Gasteiger partial charge in [-0.15, -0.1) is 0 Å². The van der Waals surface area contributed by atoms with Gasteiger partial charge >= 0.3 is 6.03 Å². The molecule has 4 heterocycles. The first kappa shape index (κ1) is 20.1. The number of pyridine rings is 2. The summed E-state index contributed by atoms with van der Waals surface area (Å²) in [6, 6.07) is 5.72. The number of urea groups is 1. The van der Waals surface area contributed by atoms with Gasteiger partial charge in [0.25, 0.3) is 5.91 Å². The molecule has 1 saturated heterocycles. The van der Waals surface area contributed by atoms with Crippen LogP contribution in [0.3, 0.4) is 0 Å². The second-order valence-corrected chi connectivity index (χ2v) is 8.10. The van der Waals surface area contributed by atoms with Gasteiger partial charge in [-0.2, -0.15) is 0 Å². The first-order chi connectivity index (χ1) is 14.3. The van der Waals surface area contributed by atoms with Gasteiger partial charge in [-0.1, -0.05) is 13.8 Å². The maximum Gasteiger partial charge on any atom is 0.329 e. The minimum atomic E-state index is -0.476. The van der Waals surface area contributed by atoms with Gasteiger partial charge in [-0.25, -0.2) is 19.2 Å². The number of nitrogens with one attached hydrogen (secondary N) is 2. The zero-order valence-corrected chi connectivity index (χ0v) is 17.2. The third-order valence-corrected chi connectivity index (χ3v) is 5.72. The zero-order valence-electron chi connectivity index (χ0n) is 17.2. The molecule has 0 saturated carbocycles. The predicted molar refractivity (Wildman–Crippen MR) is 112 cm³/mol. The molecule has 2 aromatic rings. The van der Waals surface area contributed by atoms with E-state index in [4.69, 9.17) is 0 Å². The van der Waals surface area contributed by atoms with Crippen LogP contribution in [0.15, 0.2) is 30.5 Å². The molecule has 1 unspecified atom stereocenters. The lowest BCUT2D eigenvalue weighted by molar-refractivity contribution is 0.0925. The number of hydrogen-bond donors (Lipinski definition) is 2. The molecule has 0 aliphatic carbocycles. The Hall–Kier alpha value is -3.23. The van der Waals surface area contributed by atoms with Crippen molar-refractivity contribution in [2.45, 2.75) is 39.3 Å². The van der Waals surface area contributed by atoms with Crippen molar-refractivity contribution in [2.75, 3.05) is 28.2 Å². The molecule has 30 heavy (non-hydrogen) atoms. The van der Waals surface area contributed by atoms with E-state index in [0.29, 0.717) is 18.3 Å². The third-order valence-electron chi connectivity index (χ3n) is 5.72. The highest BCUT2D eigenvalue weighted by Crippen LogP contribution is 2.39. The Morgan fingerprint density at radius 3 is 2.70 bits per heavy atom. The van der Waals surface area contributed by atoms with E-state index in [9.17, 15) is 14.0 Å². The van der Waals surface area contributed by atoms with Gasteiger partial charge in [0.1, 0.15) is 17.3 Å². The van der Waals surface area contributed by atoms with Crippen molar-refractivity contribution in [1.29, 1.82) is 0 Å². The van der Waals surface area contributed by atoms with Crippen LogP contribution in [0, 0.1) is 11.7 Å². The first-order valence-electron chi connectivity index (χ1n) is 10.1. The van der Waals surface area contributed by atoms with Crippen LogP contribution >= 0.6 is 0 Å². The van der Waals surface area contributed by atoms with Crippen molar-refractivity contribution in [1.82, 2.24) is 15.3 Å². The molecule has 2 atom stereocenters. The summed E-state index contributed by atoms with van der Waals surface area (Å²) >= 11 is 0. The molecular formula is C21H25FN6O2. The molecule has 2 bridgehead atoms. The van der Waals surface area contributed by atoms with E-state index in [0.717, 1.165) is 24.8 Å². The summed E-state index contributed by atoms with van der Waals surface area (Å²) in [5.74, 6) is 0.249. The van der Waals surface area contributed by atoms with Crippen LogP contribution < -0.4 is 20.4 Å². The monoisotopic (exact) mass is 412 g/mol. The minimum absolute atomic E-state index is 0.000727. The second-order valence-electron chi connectivity index (χ2n) is 8.10. The molecule has 2 aliphatic heterocycles. The fourth-order valence-electron chi connectivity index (χ4n) is 3.66. The molecular weight excluding hydrogens is 387 g/mol. The van der Waals surface area contributed by atoms with Crippen LogP contribution in [-0.2, 0) is 0 Å². The molecule has 2 N–H and O–H groups in total. The molecule has 2 aliphatic rings. The number of nitrogens with zero attached hydrogens (tertiary/aromatic N) is 4. The Bertz CT molecular complexity index is 964. The fourth-order valence-corrected chi connectivity index (χ4v) is 3.66. The zero-order chi connectivity index (χ0) is 21.4. The SMILES string of the molecule is CC(C)[C@@H](C)NC(=O)c1ccc2c(n1)N(C(=O)Nc1ccc(F)cn1)C1CCN2C1. The smallest absolute Gasteiger partial charge is 0.329 e. The minimum Gasteiger partial charge on any atom is -0.366 e. The molecule has 3 amide bonds. The lowest BCUT2D eigenvalue weighted by Crippen LogP contribution is -2.48. The lowest BCUT2D eigenvalue weighted by Gasteiger charge is -2.35. The van der Waals surface area contributed by atoms with Crippen LogP contribution in [0.2, 0.25) is 0 Å². The summed E-state index contributed by atoms with van der Waals surface area (Å²) in [7, 11) is 0. The summed E-state index contributed by atoms with van der Waals surface area (Å²) in [6.45, 7) is 7.53. The van der Waals surface area contributed by atoms with E-state index in [-0.39, 0.29) is 29.5 Å². The van der Waals surface area contributed by atoms with E-state index in [1.54, 1.807) is 11.0 Å². The molecule has 2 aromatic heterocycles. The van der Waals surface area contributed by atoms with Crippen LogP contribution in [0.25, 0.3) is 0 Å². The maximum absolute atomic E-state index is 13.1. The molecule has 8 nitrogen and oxygen atoms in total. The lowest BCUT2D eigenvalue weighted by atomic mass is 10.1. The highest BCUT2D eigenvalue weighted by atomic mass is 19.1. The van der Waals surface area contributed by atoms with Gasteiger partial charge in [0.15, 0.2) is 5.82 Å². The quantitative estimate of drug-likeness (QED) is 0.806. The largest absolute Gasteiger partial charge is 0.366 e. The van der Waals surface area contributed by atoms with E-state index >= 15 is 0 Å². The predicted octanol–water partition coefficient (Wildman–Crippen LogP) is 3.02. The topological polar surface area (TPSA) is 90.5 Å². The van der Waals surface area contributed by atoms with Gasteiger partial charge in [-0.3, -0.25) is 15.0 Å². The van der Waals surface area contributed by atoms with Crippen molar-refractivity contribution in [3.8, 4) is 0 Å². The number of halogens is 1. The Balaban J connectivity index is 1.62. The van der Waals surface area contributed by atoms with Crippen molar-refractivity contribution in [2.24, 2.45) is 5.92 Å². The highest BCUT2D eigenvalue weighted by molar-refractivity contribution is 6.05. The number of carbonyl (C=O) groups is 2. The average Bonchev–Trinajstić information content (AvgIpc) is 3.13. The Labute approximate surface area is 174 Å². The second kappa shape index (κ2) is 7.89. The Morgan fingerprint density at radius 2 is 2.00 bits per heavy atom. The van der Waals surface area contributed by atoms with Gasteiger partial charge < -0.3 is 10.2 Å². The highest BCUT2D eigenvalue weighted by Gasteiger charge is 2.40. The number of carbonyl (C=O) groups excluding carboxylic acids is 2. The number of anilines is 3. The Kier molecular flexibility index (Phi) is 5.27. The molecule has 0 aromatic carbocycles. The number of fused-ring (bicyclic) bond motifs is 4. The van der Waals surface area contributed by atoms with Gasteiger partial charge in [0.2, 0.25) is 0 Å². The van der Waals surface area contributed by atoms with Crippen LogP contribution in [0.5, 0.6) is 0 Å². The van der Waals surface area contributed by atoms with E-state index in [1.165, 1.54) is 12.1 Å². The van der Waals surface area contributed by atoms with Gasteiger partial charge in [0.05, 0.1) is 17.9 Å². The molecule has 4 rings (SSSR count). The standard InChI is InChI=1S/C21H25FN6O2/c1-12(2)13(3)24-20(29)16-5-6-17-19(25-16)28(15-8-9-27(17)11-15)21(30)26-18-7-4-14(22)10-23-18/h4-7,10,12-13,15H,8-9,11H2,1-3H3,(H,24,29)(H,23,26,30)/t13-,15?/m1/s1. The van der Waals surface area contributed by atoms with E-state index in [1.807, 2.05) is 26.8 Å². The van der Waals surface area contributed by atoms with Gasteiger partial charge in [-0.05, 0) is 43.5 Å². The summed E-state index contributed by atoms with van der Waals surface area (Å²) in [4.78, 5) is 38.0. The van der Waals surface area contributed by atoms with Gasteiger partial charge in [0, 0.05) is 19.1 Å². The summed E-state index contributed by atoms with van der Waals surface area (Å²) in [5.41, 5.74) is 1.08. The molecule has 0 spiro atoms. The summed E-state index contributed by atoms with van der Waals surface area (Å²) < 4.78 is 13.1. The molecule has 1 fully saturated rings. The third kappa shape index (κ3) is 3.79. The average molecular weight is 412 g/mol. The maximum atomic E-state index is 13.1. The number of rotatable bonds is 4. The fraction of sp³-hybridized carbons (Fsp3) is 0.429. The van der Waals surface area contributed by atoms with Crippen molar-refractivity contribution >= 4 is 29.3 Å². The van der Waals surface area contributed by atoms with E-state index in [2.05, 4.69) is 25.5 Å². The normalized spacial score (nSPS) is 18.2. The molecule has 0 radical (unpaired) electrons. The molecule has 9 heteroatoms. The van der Waals surface area contributed by atoms with Crippen LogP contribution in [-0.4, -0.2) is 47.1 Å².